The molecule has 0 aliphatic heterocycles. The molecule has 15 rings (SSSR count). The molecule has 15 aromatic rings. The first-order valence-electron chi connectivity index (χ1n) is 24.0. The molecule has 2 nitrogen and oxygen atoms in total. The van der Waals surface area contributed by atoms with E-state index in [9.17, 15) is 0 Å². The molecule has 0 spiro atoms. The van der Waals surface area contributed by atoms with Crippen molar-refractivity contribution in [3.05, 3.63) is 243 Å². The van der Waals surface area contributed by atoms with Gasteiger partial charge in [0.1, 0.15) is 0 Å². The molecule has 0 saturated carbocycles. The fourth-order valence-corrected chi connectivity index (χ4v) is 12.4. The van der Waals surface area contributed by atoms with Gasteiger partial charge in [0.25, 0.3) is 0 Å². The highest BCUT2D eigenvalue weighted by molar-refractivity contribution is 7.25. The summed E-state index contributed by atoms with van der Waals surface area (Å²) in [5.41, 5.74) is 12.3. The van der Waals surface area contributed by atoms with Gasteiger partial charge in [0.2, 0.25) is 0 Å². The SMILES string of the molecule is c1ccc(-c2ccc3c(c2)c2cc4c5ccc(-c6ccc7sc8ccccc8c7c6)cc5c5ccccc5c4cc2n3-c2cc(-c3ccc4ccccc4c3)nc(-c3ccc4ccccc4c3)c2)cc1. The quantitative estimate of drug-likeness (QED) is 0.157. The number of rotatable bonds is 5. The molecule has 0 fully saturated rings. The van der Waals surface area contributed by atoms with Gasteiger partial charge >= 0.3 is 0 Å². The smallest absolute Gasteiger partial charge is 0.0730 e. The highest BCUT2D eigenvalue weighted by Gasteiger charge is 2.20. The zero-order valence-corrected chi connectivity index (χ0v) is 38.7. The molecule has 0 amide bonds. The number of benzene rings is 12. The number of nitrogens with zero attached hydrogens (tertiary/aromatic N) is 2. The lowest BCUT2D eigenvalue weighted by atomic mass is 9.91. The van der Waals surface area contributed by atoms with Gasteiger partial charge in [0.15, 0.2) is 0 Å². The number of hydrogen-bond donors (Lipinski definition) is 0. The van der Waals surface area contributed by atoms with Crippen LogP contribution in [0.3, 0.4) is 0 Å². The maximum absolute atomic E-state index is 5.48. The topological polar surface area (TPSA) is 17.8 Å². The lowest BCUT2D eigenvalue weighted by Crippen LogP contribution is -1.98. The van der Waals surface area contributed by atoms with E-state index in [2.05, 4.69) is 247 Å². The standard InChI is InChI=1S/C67H40N2S/c1-2-12-41(13-3-1)46-27-30-64-59(35-46)60-39-57-54-29-26-47(48-28-31-67-61(36-48)55-20-10-11-21-66(55)70-67)34-56(54)52-18-8-9-19-53(52)58(57)40-65(60)69(64)51-37-62(49-24-22-42-14-4-6-16-44(42)32-49)68-63(38-51)50-25-23-43-15-5-7-17-45(43)33-50/h1-40H. The van der Waals surface area contributed by atoms with Crippen molar-refractivity contribution in [3.8, 4) is 50.5 Å². The van der Waals surface area contributed by atoms with Crippen LogP contribution in [0.15, 0.2) is 243 Å². The van der Waals surface area contributed by atoms with E-state index in [-0.39, 0.29) is 0 Å². The molecule has 0 N–H and O–H groups in total. The fraction of sp³-hybridized carbons (Fsp3) is 0. The molecule has 3 heteroatoms. The second-order valence-corrected chi connectivity index (χ2v) is 19.8. The fourth-order valence-electron chi connectivity index (χ4n) is 11.3. The molecule has 0 atom stereocenters. The Morgan fingerprint density at radius 3 is 1.46 bits per heavy atom. The van der Waals surface area contributed by atoms with Crippen LogP contribution >= 0.6 is 11.3 Å². The van der Waals surface area contributed by atoms with E-state index < -0.39 is 0 Å². The van der Waals surface area contributed by atoms with Gasteiger partial charge in [-0.2, -0.15) is 0 Å². The lowest BCUT2D eigenvalue weighted by molar-refractivity contribution is 1.16. The molecular formula is C67H40N2S. The van der Waals surface area contributed by atoms with Crippen LogP contribution in [0.25, 0.3) is 146 Å². The van der Waals surface area contributed by atoms with Gasteiger partial charge in [0.05, 0.1) is 28.1 Å². The highest BCUT2D eigenvalue weighted by atomic mass is 32.1. The summed E-state index contributed by atoms with van der Waals surface area (Å²) in [5, 5.41) is 17.4. The molecule has 0 bridgehead atoms. The van der Waals surface area contributed by atoms with Crippen molar-refractivity contribution < 1.29 is 0 Å². The van der Waals surface area contributed by atoms with Crippen LogP contribution in [0, 0.1) is 0 Å². The Bertz CT molecular complexity index is 4560. The summed E-state index contributed by atoms with van der Waals surface area (Å²) < 4.78 is 5.14. The molecular weight excluding hydrogens is 865 g/mol. The summed E-state index contributed by atoms with van der Waals surface area (Å²) in [4.78, 5) is 5.48. The van der Waals surface area contributed by atoms with E-state index in [0.29, 0.717) is 0 Å². The monoisotopic (exact) mass is 904 g/mol. The molecule has 0 aliphatic carbocycles. The molecule has 12 aromatic carbocycles. The summed E-state index contributed by atoms with van der Waals surface area (Å²) in [6.45, 7) is 0. The van der Waals surface area contributed by atoms with Gasteiger partial charge in [-0.3, -0.25) is 0 Å². The summed E-state index contributed by atoms with van der Waals surface area (Å²) in [6, 6.07) is 89.7. The lowest BCUT2D eigenvalue weighted by Gasteiger charge is -2.15. The summed E-state index contributed by atoms with van der Waals surface area (Å²) in [6.07, 6.45) is 0. The zero-order valence-electron chi connectivity index (χ0n) is 37.9. The minimum Gasteiger partial charge on any atom is -0.309 e. The minimum absolute atomic E-state index is 0.932. The van der Waals surface area contributed by atoms with Crippen LogP contribution in [0.5, 0.6) is 0 Å². The van der Waals surface area contributed by atoms with Crippen molar-refractivity contribution in [2.45, 2.75) is 0 Å². The molecule has 0 unspecified atom stereocenters. The number of aromatic nitrogens is 2. The van der Waals surface area contributed by atoms with Gasteiger partial charge in [-0.05, 0) is 149 Å². The number of fused-ring (bicyclic) bond motifs is 14. The molecule has 0 aliphatic rings. The summed E-state index contributed by atoms with van der Waals surface area (Å²) >= 11 is 1.87. The number of pyridine rings is 1. The summed E-state index contributed by atoms with van der Waals surface area (Å²) in [5.74, 6) is 0. The van der Waals surface area contributed by atoms with Crippen molar-refractivity contribution in [1.29, 1.82) is 0 Å². The van der Waals surface area contributed by atoms with Crippen LogP contribution in [0.2, 0.25) is 0 Å². The normalized spacial score (nSPS) is 12.0. The van der Waals surface area contributed by atoms with E-state index in [0.717, 1.165) is 39.2 Å². The Morgan fingerprint density at radius 1 is 0.257 bits per heavy atom. The zero-order chi connectivity index (χ0) is 45.9. The van der Waals surface area contributed by atoms with Crippen LogP contribution in [0.4, 0.5) is 0 Å². The second kappa shape index (κ2) is 15.3. The molecule has 324 valence electrons. The second-order valence-electron chi connectivity index (χ2n) is 18.7. The average Bonchev–Trinajstić information content (AvgIpc) is 3.97. The van der Waals surface area contributed by atoms with E-state index in [1.807, 2.05) is 11.3 Å². The maximum Gasteiger partial charge on any atom is 0.0730 e. The van der Waals surface area contributed by atoms with Crippen molar-refractivity contribution in [3.63, 3.8) is 0 Å². The summed E-state index contributed by atoms with van der Waals surface area (Å²) in [7, 11) is 0. The first kappa shape index (κ1) is 39.1. The van der Waals surface area contributed by atoms with Crippen LogP contribution in [0.1, 0.15) is 0 Å². The van der Waals surface area contributed by atoms with Crippen molar-refractivity contribution in [1.82, 2.24) is 9.55 Å². The van der Waals surface area contributed by atoms with E-state index in [4.69, 9.17) is 4.98 Å². The van der Waals surface area contributed by atoms with E-state index in [1.54, 1.807) is 0 Å². The van der Waals surface area contributed by atoms with Gasteiger partial charge < -0.3 is 4.57 Å². The van der Waals surface area contributed by atoms with E-state index >= 15 is 0 Å². The first-order chi connectivity index (χ1) is 34.6. The van der Waals surface area contributed by atoms with Crippen LogP contribution in [-0.2, 0) is 0 Å². The van der Waals surface area contributed by atoms with Crippen LogP contribution < -0.4 is 0 Å². The Balaban J connectivity index is 1.01. The highest BCUT2D eigenvalue weighted by Crippen LogP contribution is 2.44. The van der Waals surface area contributed by atoms with Gasteiger partial charge in [-0.25, -0.2) is 4.98 Å². The Morgan fingerprint density at radius 2 is 0.743 bits per heavy atom. The predicted molar refractivity (Wildman–Crippen MR) is 301 cm³/mol. The van der Waals surface area contributed by atoms with Gasteiger partial charge in [0, 0.05) is 42.1 Å². The largest absolute Gasteiger partial charge is 0.309 e. The van der Waals surface area contributed by atoms with Crippen molar-refractivity contribution in [2.24, 2.45) is 0 Å². The van der Waals surface area contributed by atoms with Crippen molar-refractivity contribution in [2.75, 3.05) is 0 Å². The Hall–Kier alpha value is -8.89. The molecule has 0 saturated heterocycles. The third kappa shape index (κ3) is 6.15. The van der Waals surface area contributed by atoms with Gasteiger partial charge in [-0.15, -0.1) is 11.3 Å². The maximum atomic E-state index is 5.48. The van der Waals surface area contributed by atoms with E-state index in [1.165, 1.54) is 107 Å². The third-order valence-corrected chi connectivity index (χ3v) is 15.8. The number of thiophene rings is 1. The average molecular weight is 905 g/mol. The van der Waals surface area contributed by atoms with Gasteiger partial charge in [-0.1, -0.05) is 170 Å². The predicted octanol–water partition coefficient (Wildman–Crippen LogP) is 19.0. The minimum atomic E-state index is 0.932. The Kier molecular flexibility index (Phi) is 8.56. The molecule has 0 radical (unpaired) electrons. The molecule has 3 aromatic heterocycles. The van der Waals surface area contributed by atoms with Crippen molar-refractivity contribution >= 4 is 107 Å². The van der Waals surface area contributed by atoms with Crippen LogP contribution in [-0.4, -0.2) is 9.55 Å². The molecule has 3 heterocycles. The molecule has 70 heavy (non-hydrogen) atoms. The first-order valence-corrected chi connectivity index (χ1v) is 24.8. The Labute approximate surface area is 407 Å². The number of hydrogen-bond acceptors (Lipinski definition) is 2. The third-order valence-electron chi connectivity index (χ3n) is 14.7.